The third kappa shape index (κ3) is 3.00. The smallest absolute Gasteiger partial charge is 0.244 e. The van der Waals surface area contributed by atoms with E-state index in [0.29, 0.717) is 6.54 Å². The van der Waals surface area contributed by atoms with E-state index in [-0.39, 0.29) is 12.5 Å². The van der Waals surface area contributed by atoms with Crippen LogP contribution in [0.25, 0.3) is 11.0 Å². The van der Waals surface area contributed by atoms with Crippen LogP contribution in [-0.2, 0) is 17.9 Å². The fourth-order valence-electron chi connectivity index (χ4n) is 2.38. The van der Waals surface area contributed by atoms with Crippen molar-refractivity contribution in [1.82, 2.24) is 24.6 Å². The standard InChI is InChI=1S/C16H19N5O/c1-11-4-5-13-14(6-11)19-15(18-13)9-20(3)16(22)10-21-8-12(2)7-17-21/h4-8H,9-10H2,1-3H3,(H,18,19). The van der Waals surface area contributed by atoms with E-state index < -0.39 is 0 Å². The summed E-state index contributed by atoms with van der Waals surface area (Å²) in [5.41, 5.74) is 4.15. The normalized spacial score (nSPS) is 11.0. The number of fused-ring (bicyclic) bond motifs is 1. The van der Waals surface area contributed by atoms with Gasteiger partial charge in [-0.3, -0.25) is 9.48 Å². The van der Waals surface area contributed by atoms with Crippen molar-refractivity contribution in [2.75, 3.05) is 7.05 Å². The molecule has 0 unspecified atom stereocenters. The summed E-state index contributed by atoms with van der Waals surface area (Å²) in [4.78, 5) is 21.7. The fraction of sp³-hybridized carbons (Fsp3) is 0.312. The molecule has 0 saturated heterocycles. The van der Waals surface area contributed by atoms with Gasteiger partial charge < -0.3 is 9.88 Å². The Morgan fingerprint density at radius 2 is 2.14 bits per heavy atom. The highest BCUT2D eigenvalue weighted by Crippen LogP contribution is 2.14. The predicted molar refractivity (Wildman–Crippen MR) is 84.3 cm³/mol. The quantitative estimate of drug-likeness (QED) is 0.801. The Bertz CT molecular complexity index is 817. The number of carbonyl (C=O) groups is 1. The lowest BCUT2D eigenvalue weighted by Crippen LogP contribution is -2.30. The number of aryl methyl sites for hydroxylation is 2. The number of H-pyrrole nitrogens is 1. The van der Waals surface area contributed by atoms with Crippen LogP contribution in [0.3, 0.4) is 0 Å². The van der Waals surface area contributed by atoms with Gasteiger partial charge in [-0.15, -0.1) is 0 Å². The van der Waals surface area contributed by atoms with E-state index in [2.05, 4.69) is 21.1 Å². The summed E-state index contributed by atoms with van der Waals surface area (Å²) in [6.45, 7) is 4.69. The number of carbonyl (C=O) groups excluding carboxylic acids is 1. The van der Waals surface area contributed by atoms with Gasteiger partial charge in [-0.25, -0.2) is 4.98 Å². The zero-order valence-electron chi connectivity index (χ0n) is 13.0. The number of nitrogens with zero attached hydrogens (tertiary/aromatic N) is 4. The van der Waals surface area contributed by atoms with Crippen LogP contribution < -0.4 is 0 Å². The molecule has 3 rings (SSSR count). The molecule has 3 aromatic rings. The number of benzene rings is 1. The van der Waals surface area contributed by atoms with Crippen molar-refractivity contribution in [2.45, 2.75) is 26.9 Å². The van der Waals surface area contributed by atoms with E-state index in [1.54, 1.807) is 22.8 Å². The summed E-state index contributed by atoms with van der Waals surface area (Å²) in [5, 5.41) is 4.14. The van der Waals surface area contributed by atoms with E-state index in [9.17, 15) is 4.79 Å². The molecule has 6 nitrogen and oxygen atoms in total. The molecule has 1 aromatic carbocycles. The van der Waals surface area contributed by atoms with Crippen LogP contribution in [0, 0.1) is 13.8 Å². The maximum atomic E-state index is 12.2. The monoisotopic (exact) mass is 297 g/mol. The summed E-state index contributed by atoms with van der Waals surface area (Å²) >= 11 is 0. The second-order valence-electron chi connectivity index (χ2n) is 5.67. The van der Waals surface area contributed by atoms with Crippen molar-refractivity contribution in [1.29, 1.82) is 0 Å². The van der Waals surface area contributed by atoms with Crippen LogP contribution in [-0.4, -0.2) is 37.6 Å². The lowest BCUT2D eigenvalue weighted by molar-refractivity contribution is -0.131. The Labute approximate surface area is 128 Å². The van der Waals surface area contributed by atoms with E-state index in [1.165, 1.54) is 5.56 Å². The van der Waals surface area contributed by atoms with Crippen molar-refractivity contribution in [2.24, 2.45) is 0 Å². The summed E-state index contributed by atoms with van der Waals surface area (Å²) in [6.07, 6.45) is 3.60. The molecular weight excluding hydrogens is 278 g/mol. The Morgan fingerprint density at radius 1 is 1.32 bits per heavy atom. The van der Waals surface area contributed by atoms with Crippen LogP contribution in [0.4, 0.5) is 0 Å². The molecule has 2 heterocycles. The summed E-state index contributed by atoms with van der Waals surface area (Å²) < 4.78 is 1.65. The molecule has 22 heavy (non-hydrogen) atoms. The Hall–Kier alpha value is -2.63. The molecule has 0 radical (unpaired) electrons. The van der Waals surface area contributed by atoms with Crippen LogP contribution in [0.5, 0.6) is 0 Å². The number of likely N-dealkylation sites (N-methyl/N-ethyl adjacent to an activating group) is 1. The molecule has 1 amide bonds. The van der Waals surface area contributed by atoms with E-state index in [1.807, 2.05) is 32.2 Å². The Morgan fingerprint density at radius 3 is 2.86 bits per heavy atom. The highest BCUT2D eigenvalue weighted by Gasteiger charge is 2.13. The van der Waals surface area contributed by atoms with Gasteiger partial charge in [0.15, 0.2) is 0 Å². The van der Waals surface area contributed by atoms with Crippen molar-refractivity contribution in [3.63, 3.8) is 0 Å². The maximum absolute atomic E-state index is 12.2. The second kappa shape index (κ2) is 5.63. The second-order valence-corrected chi connectivity index (χ2v) is 5.67. The highest BCUT2D eigenvalue weighted by molar-refractivity contribution is 5.77. The van der Waals surface area contributed by atoms with Gasteiger partial charge in [-0.05, 0) is 37.1 Å². The van der Waals surface area contributed by atoms with E-state index in [0.717, 1.165) is 22.4 Å². The molecule has 0 atom stereocenters. The van der Waals surface area contributed by atoms with Crippen LogP contribution >= 0.6 is 0 Å². The zero-order chi connectivity index (χ0) is 15.7. The van der Waals surface area contributed by atoms with E-state index >= 15 is 0 Å². The molecule has 0 spiro atoms. The number of aromatic nitrogens is 4. The summed E-state index contributed by atoms with van der Waals surface area (Å²) in [5.74, 6) is 0.785. The van der Waals surface area contributed by atoms with Gasteiger partial charge in [0, 0.05) is 13.2 Å². The van der Waals surface area contributed by atoms with Crippen molar-refractivity contribution >= 4 is 16.9 Å². The van der Waals surface area contributed by atoms with Crippen molar-refractivity contribution < 1.29 is 4.79 Å². The molecule has 0 aliphatic rings. The van der Waals surface area contributed by atoms with Gasteiger partial charge in [-0.1, -0.05) is 6.07 Å². The number of hydrogen-bond donors (Lipinski definition) is 1. The highest BCUT2D eigenvalue weighted by atomic mass is 16.2. The average Bonchev–Trinajstić information content (AvgIpc) is 3.04. The third-order valence-corrected chi connectivity index (χ3v) is 3.56. The minimum atomic E-state index is -0.000244. The molecule has 114 valence electrons. The molecule has 0 fully saturated rings. The SMILES string of the molecule is Cc1ccc2nc(CN(C)C(=O)Cn3cc(C)cn3)[nH]c2c1. The average molecular weight is 297 g/mol. The zero-order valence-corrected chi connectivity index (χ0v) is 13.0. The predicted octanol–water partition coefficient (Wildman–Crippen LogP) is 2.03. The number of imidazole rings is 1. The van der Waals surface area contributed by atoms with Gasteiger partial charge in [0.25, 0.3) is 0 Å². The van der Waals surface area contributed by atoms with Gasteiger partial charge in [0.1, 0.15) is 12.4 Å². The third-order valence-electron chi connectivity index (χ3n) is 3.56. The van der Waals surface area contributed by atoms with Crippen molar-refractivity contribution in [3.8, 4) is 0 Å². The Balaban J connectivity index is 1.69. The van der Waals surface area contributed by atoms with E-state index in [4.69, 9.17) is 0 Å². The molecule has 0 bridgehead atoms. The largest absolute Gasteiger partial charge is 0.340 e. The number of nitrogens with one attached hydrogen (secondary N) is 1. The summed E-state index contributed by atoms with van der Waals surface area (Å²) in [7, 11) is 1.77. The Kier molecular flexibility index (Phi) is 3.66. The molecule has 0 aliphatic heterocycles. The first kappa shape index (κ1) is 14.3. The fourth-order valence-corrected chi connectivity index (χ4v) is 2.38. The summed E-state index contributed by atoms with van der Waals surface area (Å²) in [6, 6.07) is 6.07. The van der Waals surface area contributed by atoms with Crippen LogP contribution in [0.1, 0.15) is 17.0 Å². The molecule has 0 aliphatic carbocycles. The van der Waals surface area contributed by atoms with Crippen LogP contribution in [0.2, 0.25) is 0 Å². The minimum absolute atomic E-state index is 0.000244. The molecule has 2 aromatic heterocycles. The van der Waals surface area contributed by atoms with Gasteiger partial charge >= 0.3 is 0 Å². The first-order chi connectivity index (χ1) is 10.5. The van der Waals surface area contributed by atoms with Crippen molar-refractivity contribution in [3.05, 3.63) is 47.5 Å². The lowest BCUT2D eigenvalue weighted by atomic mass is 10.2. The minimum Gasteiger partial charge on any atom is -0.340 e. The topological polar surface area (TPSA) is 66.8 Å². The number of rotatable bonds is 4. The molecule has 1 N–H and O–H groups in total. The first-order valence-corrected chi connectivity index (χ1v) is 7.19. The lowest BCUT2D eigenvalue weighted by Gasteiger charge is -2.15. The van der Waals surface area contributed by atoms with Gasteiger partial charge in [0.05, 0.1) is 23.8 Å². The first-order valence-electron chi connectivity index (χ1n) is 7.19. The number of aromatic amines is 1. The number of hydrogen-bond acceptors (Lipinski definition) is 3. The number of amides is 1. The van der Waals surface area contributed by atoms with Crippen LogP contribution in [0.15, 0.2) is 30.6 Å². The molecule has 6 heteroatoms. The van der Waals surface area contributed by atoms with Gasteiger partial charge in [-0.2, -0.15) is 5.10 Å². The molecular formula is C16H19N5O. The molecule has 0 saturated carbocycles. The van der Waals surface area contributed by atoms with Gasteiger partial charge in [0.2, 0.25) is 5.91 Å². The maximum Gasteiger partial charge on any atom is 0.244 e.